The van der Waals surface area contributed by atoms with Crippen molar-refractivity contribution in [3.63, 3.8) is 0 Å². The molecule has 1 saturated heterocycles. The Kier molecular flexibility index (Phi) is 6.68. The molecule has 142 valence electrons. The van der Waals surface area contributed by atoms with Crippen LogP contribution in [0.2, 0.25) is 0 Å². The van der Waals surface area contributed by atoms with Crippen molar-refractivity contribution in [1.82, 2.24) is 4.90 Å². The molecular weight excluding hydrogens is 350 g/mol. The quantitative estimate of drug-likeness (QED) is 0.788. The zero-order valence-electron chi connectivity index (χ0n) is 15.7. The first-order valence-electron chi connectivity index (χ1n) is 9.36. The maximum absolute atomic E-state index is 12.6. The maximum Gasteiger partial charge on any atom is 0.227 e. The fraction of sp³-hybridized carbons (Fsp3) is 0.304. The van der Waals surface area contributed by atoms with Crippen LogP contribution in [-0.2, 0) is 11.4 Å². The van der Waals surface area contributed by atoms with E-state index in [0.717, 1.165) is 37.2 Å². The Morgan fingerprint density at radius 1 is 1.21 bits per heavy atom. The standard InChI is InChI=1S/C23H23N3O2/c1-2-11-26-12-9-20(10-13-26)23(27)25-21-7-4-8-22(15-21)28-17-19-6-3-5-18(14-19)16-24/h1,3-8,14-15,20H,9-13,17H2,(H,25,27). The lowest BCUT2D eigenvalue weighted by Crippen LogP contribution is -2.38. The number of rotatable bonds is 6. The molecule has 28 heavy (non-hydrogen) atoms. The van der Waals surface area contributed by atoms with E-state index in [1.165, 1.54) is 0 Å². The summed E-state index contributed by atoms with van der Waals surface area (Å²) in [5, 5.41) is 12.0. The molecule has 1 amide bonds. The highest BCUT2D eigenvalue weighted by atomic mass is 16.5. The molecule has 0 aliphatic carbocycles. The fourth-order valence-electron chi connectivity index (χ4n) is 3.29. The van der Waals surface area contributed by atoms with Crippen LogP contribution in [0.25, 0.3) is 0 Å². The number of nitrogens with zero attached hydrogens (tertiary/aromatic N) is 2. The number of piperidine rings is 1. The van der Waals surface area contributed by atoms with Crippen LogP contribution >= 0.6 is 0 Å². The molecule has 0 spiro atoms. The molecule has 1 heterocycles. The Morgan fingerprint density at radius 3 is 2.75 bits per heavy atom. The summed E-state index contributed by atoms with van der Waals surface area (Å²) in [6.07, 6.45) is 6.99. The van der Waals surface area contributed by atoms with Gasteiger partial charge >= 0.3 is 0 Å². The summed E-state index contributed by atoms with van der Waals surface area (Å²) in [5.74, 6) is 3.37. The number of carbonyl (C=O) groups is 1. The van der Waals surface area contributed by atoms with Crippen LogP contribution in [-0.4, -0.2) is 30.4 Å². The molecule has 1 fully saturated rings. The molecule has 0 atom stereocenters. The average molecular weight is 373 g/mol. The number of likely N-dealkylation sites (tertiary alicyclic amines) is 1. The minimum Gasteiger partial charge on any atom is -0.489 e. The van der Waals surface area contributed by atoms with E-state index in [9.17, 15) is 4.79 Å². The van der Waals surface area contributed by atoms with E-state index in [0.29, 0.717) is 24.5 Å². The van der Waals surface area contributed by atoms with Crippen molar-refractivity contribution in [2.45, 2.75) is 19.4 Å². The highest BCUT2D eigenvalue weighted by Crippen LogP contribution is 2.22. The summed E-state index contributed by atoms with van der Waals surface area (Å²) in [7, 11) is 0. The van der Waals surface area contributed by atoms with E-state index < -0.39 is 0 Å². The Morgan fingerprint density at radius 2 is 2.00 bits per heavy atom. The first kappa shape index (κ1) is 19.5. The summed E-state index contributed by atoms with van der Waals surface area (Å²) >= 11 is 0. The summed E-state index contributed by atoms with van der Waals surface area (Å²) in [6.45, 7) is 2.71. The first-order valence-corrected chi connectivity index (χ1v) is 9.36. The zero-order valence-corrected chi connectivity index (χ0v) is 15.7. The van der Waals surface area contributed by atoms with Crippen LogP contribution in [0.1, 0.15) is 24.0 Å². The summed E-state index contributed by atoms with van der Waals surface area (Å²) in [4.78, 5) is 14.7. The van der Waals surface area contributed by atoms with Gasteiger partial charge in [0.15, 0.2) is 0 Å². The SMILES string of the molecule is C#CCN1CCC(C(=O)Nc2cccc(OCc3cccc(C#N)c3)c2)CC1. The largest absolute Gasteiger partial charge is 0.489 e. The molecule has 1 aliphatic rings. The Hall–Kier alpha value is -3.28. The molecule has 5 nitrogen and oxygen atoms in total. The summed E-state index contributed by atoms with van der Waals surface area (Å²) in [5.41, 5.74) is 2.25. The second kappa shape index (κ2) is 9.60. The lowest BCUT2D eigenvalue weighted by molar-refractivity contribution is -0.121. The van der Waals surface area contributed by atoms with E-state index in [-0.39, 0.29) is 11.8 Å². The van der Waals surface area contributed by atoms with Gasteiger partial charge in [-0.1, -0.05) is 24.1 Å². The molecule has 2 aromatic rings. The average Bonchev–Trinajstić information content (AvgIpc) is 2.73. The lowest BCUT2D eigenvalue weighted by atomic mass is 9.96. The number of terminal acetylenes is 1. The number of nitrogens with one attached hydrogen (secondary N) is 1. The molecule has 1 N–H and O–H groups in total. The molecule has 0 aromatic heterocycles. The third kappa shape index (κ3) is 5.36. The molecule has 0 radical (unpaired) electrons. The monoisotopic (exact) mass is 373 g/mol. The number of carbonyl (C=O) groups excluding carboxylic acids is 1. The smallest absolute Gasteiger partial charge is 0.227 e. The molecule has 0 unspecified atom stereocenters. The van der Waals surface area contributed by atoms with Gasteiger partial charge in [-0.05, 0) is 55.8 Å². The second-order valence-electron chi connectivity index (χ2n) is 6.87. The van der Waals surface area contributed by atoms with Crippen LogP contribution in [0.15, 0.2) is 48.5 Å². The minimum absolute atomic E-state index is 0.00678. The number of hydrogen-bond acceptors (Lipinski definition) is 4. The predicted octanol–water partition coefficient (Wildman–Crippen LogP) is 3.42. The van der Waals surface area contributed by atoms with Gasteiger partial charge in [-0.2, -0.15) is 5.26 Å². The van der Waals surface area contributed by atoms with Crippen molar-refractivity contribution in [1.29, 1.82) is 5.26 Å². The van der Waals surface area contributed by atoms with Crippen LogP contribution in [0.4, 0.5) is 5.69 Å². The number of nitriles is 1. The number of anilines is 1. The van der Waals surface area contributed by atoms with Gasteiger partial charge in [0.2, 0.25) is 5.91 Å². The van der Waals surface area contributed by atoms with E-state index in [4.69, 9.17) is 16.4 Å². The molecule has 0 saturated carbocycles. The second-order valence-corrected chi connectivity index (χ2v) is 6.87. The van der Waals surface area contributed by atoms with Gasteiger partial charge < -0.3 is 10.1 Å². The fourth-order valence-corrected chi connectivity index (χ4v) is 3.29. The number of benzene rings is 2. The van der Waals surface area contributed by atoms with Crippen LogP contribution in [0, 0.1) is 29.6 Å². The Balaban J connectivity index is 1.54. The molecule has 5 heteroatoms. The van der Waals surface area contributed by atoms with Gasteiger partial charge in [0.25, 0.3) is 0 Å². The topological polar surface area (TPSA) is 65.4 Å². The lowest BCUT2D eigenvalue weighted by Gasteiger charge is -2.29. The maximum atomic E-state index is 12.6. The third-order valence-electron chi connectivity index (χ3n) is 4.84. The van der Waals surface area contributed by atoms with E-state index in [2.05, 4.69) is 22.2 Å². The van der Waals surface area contributed by atoms with Gasteiger partial charge in [-0.15, -0.1) is 6.42 Å². The molecule has 3 rings (SSSR count). The van der Waals surface area contributed by atoms with Gasteiger partial charge in [-0.25, -0.2) is 0 Å². The summed E-state index contributed by atoms with van der Waals surface area (Å²) < 4.78 is 5.81. The highest BCUT2D eigenvalue weighted by molar-refractivity contribution is 5.92. The minimum atomic E-state index is 0.00678. The molecule has 1 aliphatic heterocycles. The summed E-state index contributed by atoms with van der Waals surface area (Å²) in [6, 6.07) is 16.8. The molecule has 0 bridgehead atoms. The Bertz CT molecular complexity index is 903. The van der Waals surface area contributed by atoms with E-state index in [1.807, 2.05) is 36.4 Å². The predicted molar refractivity (Wildman–Crippen MR) is 109 cm³/mol. The van der Waals surface area contributed by atoms with Crippen LogP contribution in [0.3, 0.4) is 0 Å². The third-order valence-corrected chi connectivity index (χ3v) is 4.84. The van der Waals surface area contributed by atoms with Gasteiger partial charge in [0, 0.05) is 17.7 Å². The normalized spacial score (nSPS) is 14.6. The van der Waals surface area contributed by atoms with Crippen molar-refractivity contribution < 1.29 is 9.53 Å². The number of amides is 1. The van der Waals surface area contributed by atoms with Crippen molar-refractivity contribution in [2.75, 3.05) is 25.0 Å². The number of hydrogen-bond donors (Lipinski definition) is 1. The molecule has 2 aromatic carbocycles. The van der Waals surface area contributed by atoms with Crippen molar-refractivity contribution >= 4 is 11.6 Å². The van der Waals surface area contributed by atoms with Gasteiger partial charge in [0.1, 0.15) is 12.4 Å². The zero-order chi connectivity index (χ0) is 19.8. The van der Waals surface area contributed by atoms with E-state index >= 15 is 0 Å². The van der Waals surface area contributed by atoms with Crippen molar-refractivity contribution in [2.24, 2.45) is 5.92 Å². The van der Waals surface area contributed by atoms with Crippen LogP contribution < -0.4 is 10.1 Å². The molecular formula is C23H23N3O2. The van der Waals surface area contributed by atoms with Crippen molar-refractivity contribution in [3.05, 3.63) is 59.7 Å². The first-order chi connectivity index (χ1) is 13.7. The van der Waals surface area contributed by atoms with Crippen LogP contribution in [0.5, 0.6) is 5.75 Å². The van der Waals surface area contributed by atoms with Gasteiger partial charge in [0.05, 0.1) is 18.2 Å². The van der Waals surface area contributed by atoms with Crippen molar-refractivity contribution in [3.8, 4) is 24.2 Å². The number of ether oxygens (including phenoxy) is 1. The Labute approximate surface area is 165 Å². The van der Waals surface area contributed by atoms with E-state index in [1.54, 1.807) is 12.1 Å². The van der Waals surface area contributed by atoms with Gasteiger partial charge in [-0.3, -0.25) is 9.69 Å². The highest BCUT2D eigenvalue weighted by Gasteiger charge is 2.24.